The van der Waals surface area contributed by atoms with Crippen molar-refractivity contribution < 1.29 is 14.5 Å². The van der Waals surface area contributed by atoms with Crippen molar-refractivity contribution in [1.29, 1.82) is 0 Å². The van der Waals surface area contributed by atoms with Gasteiger partial charge in [-0.15, -0.1) is 0 Å². The Kier molecular flexibility index (Phi) is 5.61. The molecule has 0 aliphatic carbocycles. The Bertz CT molecular complexity index is 739. The zero-order valence-electron chi connectivity index (χ0n) is 13.1. The second-order valence-electron chi connectivity index (χ2n) is 5.03. The van der Waals surface area contributed by atoms with Crippen LogP contribution in [-0.2, 0) is 11.3 Å². The smallest absolute Gasteiger partial charge is 0.321 e. The average molecular weight is 331 g/mol. The first-order valence-electron chi connectivity index (χ1n) is 7.34. The van der Waals surface area contributed by atoms with Crippen molar-refractivity contribution in [2.45, 2.75) is 19.9 Å². The number of nitro benzene ring substituents is 1. The normalized spacial score (nSPS) is 10.2. The number of carbonyl (C=O) groups is 2. The third-order valence-corrected chi connectivity index (χ3v) is 3.14. The Labute approximate surface area is 137 Å². The summed E-state index contributed by atoms with van der Waals surface area (Å²) in [7, 11) is 0. The number of non-ortho nitro benzene ring substituents is 1. The van der Waals surface area contributed by atoms with Gasteiger partial charge in [-0.2, -0.15) is 5.10 Å². The Morgan fingerprint density at radius 2 is 1.96 bits per heavy atom. The van der Waals surface area contributed by atoms with Crippen LogP contribution < -0.4 is 10.6 Å². The second kappa shape index (κ2) is 7.86. The van der Waals surface area contributed by atoms with Crippen molar-refractivity contribution in [2.75, 3.05) is 6.54 Å². The fraction of sp³-hybridized carbons (Fsp3) is 0.267. The zero-order valence-corrected chi connectivity index (χ0v) is 13.1. The summed E-state index contributed by atoms with van der Waals surface area (Å²) in [6.07, 6.45) is 3.95. The van der Waals surface area contributed by atoms with Crippen LogP contribution in [0.4, 0.5) is 10.5 Å². The van der Waals surface area contributed by atoms with E-state index in [1.54, 1.807) is 24.5 Å². The third kappa shape index (κ3) is 4.63. The molecule has 0 unspecified atom stereocenters. The minimum atomic E-state index is -0.537. The van der Waals surface area contributed by atoms with E-state index >= 15 is 0 Å². The number of carbonyl (C=O) groups excluding carboxylic acids is 2. The molecule has 0 radical (unpaired) electrons. The van der Waals surface area contributed by atoms with Gasteiger partial charge in [-0.25, -0.2) is 4.79 Å². The highest BCUT2D eigenvalue weighted by Gasteiger charge is 2.10. The van der Waals surface area contributed by atoms with Crippen LogP contribution in [0, 0.1) is 10.1 Å². The maximum atomic E-state index is 11.7. The molecule has 0 spiro atoms. The lowest BCUT2D eigenvalue weighted by molar-refractivity contribution is -0.384. The number of nitrogens with one attached hydrogen (secondary N) is 2. The largest absolute Gasteiger partial charge is 0.338 e. The molecule has 0 bridgehead atoms. The topological polar surface area (TPSA) is 119 Å². The van der Waals surface area contributed by atoms with Crippen molar-refractivity contribution in [3.8, 4) is 11.1 Å². The standard InChI is InChI=1S/C15H17N5O4/c1-2-7-16-15(22)18-14(21)10-19-9-12(8-17-19)11-3-5-13(6-4-11)20(23)24/h3-6,8-9H,2,7,10H2,1H3,(H2,16,18,21,22). The van der Waals surface area contributed by atoms with Gasteiger partial charge in [0.15, 0.2) is 0 Å². The van der Waals surface area contributed by atoms with Crippen LogP contribution >= 0.6 is 0 Å². The molecule has 0 saturated carbocycles. The number of hydrogen-bond acceptors (Lipinski definition) is 5. The van der Waals surface area contributed by atoms with Gasteiger partial charge in [-0.1, -0.05) is 6.92 Å². The number of amides is 3. The van der Waals surface area contributed by atoms with Crippen LogP contribution in [0.2, 0.25) is 0 Å². The van der Waals surface area contributed by atoms with Gasteiger partial charge in [0.25, 0.3) is 5.69 Å². The van der Waals surface area contributed by atoms with Gasteiger partial charge in [-0.3, -0.25) is 24.9 Å². The molecule has 24 heavy (non-hydrogen) atoms. The predicted molar refractivity (Wildman–Crippen MR) is 86.1 cm³/mol. The Morgan fingerprint density at radius 1 is 1.25 bits per heavy atom. The number of hydrogen-bond donors (Lipinski definition) is 2. The first-order valence-corrected chi connectivity index (χ1v) is 7.34. The number of nitro groups is 1. The minimum Gasteiger partial charge on any atom is -0.338 e. The third-order valence-electron chi connectivity index (χ3n) is 3.14. The lowest BCUT2D eigenvalue weighted by atomic mass is 10.1. The fourth-order valence-corrected chi connectivity index (χ4v) is 1.97. The number of benzene rings is 1. The molecule has 0 fully saturated rings. The lowest BCUT2D eigenvalue weighted by Crippen LogP contribution is -2.41. The van der Waals surface area contributed by atoms with Crippen molar-refractivity contribution in [1.82, 2.24) is 20.4 Å². The molecule has 9 heteroatoms. The molecule has 2 aromatic rings. The first kappa shape index (κ1) is 17.1. The van der Waals surface area contributed by atoms with Gasteiger partial charge in [0.05, 0.1) is 11.1 Å². The summed E-state index contributed by atoms with van der Waals surface area (Å²) in [4.78, 5) is 33.3. The summed E-state index contributed by atoms with van der Waals surface area (Å²) >= 11 is 0. The average Bonchev–Trinajstić information content (AvgIpc) is 3.01. The van der Waals surface area contributed by atoms with E-state index in [1.165, 1.54) is 16.8 Å². The fourth-order valence-electron chi connectivity index (χ4n) is 1.97. The number of urea groups is 1. The zero-order chi connectivity index (χ0) is 17.5. The number of imide groups is 1. The molecule has 0 atom stereocenters. The maximum Gasteiger partial charge on any atom is 0.321 e. The molecule has 1 aromatic carbocycles. The minimum absolute atomic E-state index is 0.00334. The predicted octanol–water partition coefficient (Wildman–Crippen LogP) is 1.69. The molecule has 3 amide bonds. The van der Waals surface area contributed by atoms with E-state index in [-0.39, 0.29) is 12.2 Å². The van der Waals surface area contributed by atoms with Gasteiger partial charge in [0.2, 0.25) is 5.91 Å². The van der Waals surface area contributed by atoms with E-state index in [0.29, 0.717) is 12.1 Å². The highest BCUT2D eigenvalue weighted by Crippen LogP contribution is 2.21. The van der Waals surface area contributed by atoms with Crippen molar-refractivity contribution in [3.63, 3.8) is 0 Å². The Morgan fingerprint density at radius 3 is 2.58 bits per heavy atom. The van der Waals surface area contributed by atoms with Crippen LogP contribution in [-0.4, -0.2) is 33.2 Å². The van der Waals surface area contributed by atoms with E-state index in [2.05, 4.69) is 15.7 Å². The molecule has 2 N–H and O–H groups in total. The van der Waals surface area contributed by atoms with Crippen LogP contribution in [0.1, 0.15) is 13.3 Å². The molecular formula is C15H17N5O4. The highest BCUT2D eigenvalue weighted by atomic mass is 16.6. The summed E-state index contributed by atoms with van der Waals surface area (Å²) in [6.45, 7) is 2.29. The molecule has 0 saturated heterocycles. The molecule has 126 valence electrons. The lowest BCUT2D eigenvalue weighted by Gasteiger charge is -2.05. The van der Waals surface area contributed by atoms with Crippen molar-refractivity contribution in [3.05, 3.63) is 46.8 Å². The Hall–Kier alpha value is -3.23. The van der Waals surface area contributed by atoms with E-state index < -0.39 is 16.9 Å². The van der Waals surface area contributed by atoms with E-state index in [0.717, 1.165) is 12.0 Å². The van der Waals surface area contributed by atoms with Gasteiger partial charge in [0.1, 0.15) is 6.54 Å². The molecule has 1 aromatic heterocycles. The SMILES string of the molecule is CCCNC(=O)NC(=O)Cn1cc(-c2ccc([N+](=O)[O-])cc2)cn1. The molecular weight excluding hydrogens is 314 g/mol. The van der Waals surface area contributed by atoms with E-state index in [1.807, 2.05) is 6.92 Å². The van der Waals surface area contributed by atoms with Crippen LogP contribution in [0.25, 0.3) is 11.1 Å². The van der Waals surface area contributed by atoms with E-state index in [9.17, 15) is 19.7 Å². The summed E-state index contributed by atoms with van der Waals surface area (Å²) < 4.78 is 1.39. The Balaban J connectivity index is 1.96. The summed E-state index contributed by atoms with van der Waals surface area (Å²) in [5.74, 6) is -0.484. The summed E-state index contributed by atoms with van der Waals surface area (Å²) in [6, 6.07) is 5.48. The highest BCUT2D eigenvalue weighted by molar-refractivity contribution is 5.94. The van der Waals surface area contributed by atoms with Gasteiger partial charge in [-0.05, 0) is 24.1 Å². The van der Waals surface area contributed by atoms with Crippen molar-refractivity contribution >= 4 is 17.6 Å². The monoisotopic (exact) mass is 331 g/mol. The second-order valence-corrected chi connectivity index (χ2v) is 5.03. The molecule has 0 aliphatic rings. The molecule has 0 aliphatic heterocycles. The van der Waals surface area contributed by atoms with Gasteiger partial charge >= 0.3 is 6.03 Å². The van der Waals surface area contributed by atoms with E-state index in [4.69, 9.17) is 0 Å². The summed E-state index contributed by atoms with van der Waals surface area (Å²) in [5, 5.41) is 19.4. The maximum absolute atomic E-state index is 11.7. The molecule has 2 rings (SSSR count). The van der Waals surface area contributed by atoms with Crippen LogP contribution in [0.5, 0.6) is 0 Å². The van der Waals surface area contributed by atoms with Gasteiger partial charge in [0, 0.05) is 30.4 Å². The van der Waals surface area contributed by atoms with Crippen LogP contribution in [0.15, 0.2) is 36.7 Å². The quantitative estimate of drug-likeness (QED) is 0.616. The number of aromatic nitrogens is 2. The van der Waals surface area contributed by atoms with Crippen molar-refractivity contribution in [2.24, 2.45) is 0 Å². The molecule has 9 nitrogen and oxygen atoms in total. The summed E-state index contributed by atoms with van der Waals surface area (Å²) in [5.41, 5.74) is 1.46. The molecule has 1 heterocycles. The first-order chi connectivity index (χ1) is 11.5. The number of nitrogens with zero attached hydrogens (tertiary/aromatic N) is 3. The van der Waals surface area contributed by atoms with Gasteiger partial charge < -0.3 is 5.32 Å². The van der Waals surface area contributed by atoms with Crippen LogP contribution in [0.3, 0.4) is 0 Å². The number of rotatable bonds is 6.